The first kappa shape index (κ1) is 15.8. The van der Waals surface area contributed by atoms with Crippen LogP contribution >= 0.6 is 0 Å². The molecule has 0 aromatic heterocycles. The Morgan fingerprint density at radius 3 is 2.76 bits per heavy atom. The highest BCUT2D eigenvalue weighted by molar-refractivity contribution is 5.94. The zero-order valence-corrected chi connectivity index (χ0v) is 12.5. The number of carbonyl (C=O) groups is 1. The van der Waals surface area contributed by atoms with E-state index in [0.29, 0.717) is 25.4 Å². The van der Waals surface area contributed by atoms with E-state index in [-0.39, 0.29) is 24.7 Å². The lowest BCUT2D eigenvalue weighted by Gasteiger charge is -2.37. The zero-order valence-electron chi connectivity index (χ0n) is 12.5. The Morgan fingerprint density at radius 2 is 2.14 bits per heavy atom. The molecule has 6 nitrogen and oxygen atoms in total. The van der Waals surface area contributed by atoms with Crippen LogP contribution in [0.3, 0.4) is 0 Å². The van der Waals surface area contributed by atoms with Gasteiger partial charge in [-0.05, 0) is 31.2 Å². The van der Waals surface area contributed by atoms with Crippen molar-refractivity contribution in [2.75, 3.05) is 44.0 Å². The summed E-state index contributed by atoms with van der Waals surface area (Å²) in [5.74, 6) is 0.00483. The molecule has 2 unspecified atom stereocenters. The SMILES string of the molecule is CC1COC(CO)CN1CC(=O)N(C)c1ccc(N)cc1. The van der Waals surface area contributed by atoms with Crippen molar-refractivity contribution in [3.63, 3.8) is 0 Å². The van der Waals surface area contributed by atoms with E-state index in [9.17, 15) is 9.90 Å². The highest BCUT2D eigenvalue weighted by atomic mass is 16.5. The Balaban J connectivity index is 1.97. The van der Waals surface area contributed by atoms with E-state index in [4.69, 9.17) is 10.5 Å². The minimum Gasteiger partial charge on any atom is -0.399 e. The molecule has 1 aliphatic rings. The predicted octanol–water partition coefficient (Wildman–Crippen LogP) is 0.313. The third-order valence-electron chi connectivity index (χ3n) is 3.83. The molecular formula is C15H23N3O3. The van der Waals surface area contributed by atoms with E-state index in [1.165, 1.54) is 0 Å². The van der Waals surface area contributed by atoms with Crippen molar-refractivity contribution in [1.82, 2.24) is 4.90 Å². The van der Waals surface area contributed by atoms with E-state index in [0.717, 1.165) is 5.69 Å². The molecule has 6 heteroatoms. The fourth-order valence-electron chi connectivity index (χ4n) is 2.33. The predicted molar refractivity (Wildman–Crippen MR) is 82.1 cm³/mol. The van der Waals surface area contributed by atoms with E-state index < -0.39 is 0 Å². The van der Waals surface area contributed by atoms with E-state index >= 15 is 0 Å². The first-order valence-electron chi connectivity index (χ1n) is 7.10. The van der Waals surface area contributed by atoms with Crippen molar-refractivity contribution in [3.8, 4) is 0 Å². The molecule has 1 fully saturated rings. The Labute approximate surface area is 125 Å². The molecule has 1 heterocycles. The highest BCUT2D eigenvalue weighted by Gasteiger charge is 2.28. The van der Waals surface area contributed by atoms with Crippen LogP contribution in [0.1, 0.15) is 6.92 Å². The van der Waals surface area contributed by atoms with Crippen LogP contribution in [0.4, 0.5) is 11.4 Å². The van der Waals surface area contributed by atoms with Gasteiger partial charge in [-0.2, -0.15) is 0 Å². The van der Waals surface area contributed by atoms with Crippen molar-refractivity contribution in [3.05, 3.63) is 24.3 Å². The van der Waals surface area contributed by atoms with Crippen molar-refractivity contribution >= 4 is 17.3 Å². The molecule has 0 spiro atoms. The lowest BCUT2D eigenvalue weighted by molar-refractivity contribution is -0.124. The number of benzene rings is 1. The normalized spacial score (nSPS) is 23.0. The first-order chi connectivity index (χ1) is 10.0. The third kappa shape index (κ3) is 3.93. The van der Waals surface area contributed by atoms with Gasteiger partial charge in [0.15, 0.2) is 0 Å². The van der Waals surface area contributed by atoms with Gasteiger partial charge in [0.2, 0.25) is 5.91 Å². The van der Waals surface area contributed by atoms with Crippen LogP contribution in [-0.4, -0.2) is 61.4 Å². The Morgan fingerprint density at radius 1 is 1.48 bits per heavy atom. The van der Waals surface area contributed by atoms with E-state index in [1.54, 1.807) is 24.1 Å². The molecule has 2 rings (SSSR count). The summed E-state index contributed by atoms with van der Waals surface area (Å²) < 4.78 is 5.48. The monoisotopic (exact) mass is 293 g/mol. The number of amides is 1. The first-order valence-corrected chi connectivity index (χ1v) is 7.10. The van der Waals surface area contributed by atoms with Crippen LogP contribution in [-0.2, 0) is 9.53 Å². The minimum atomic E-state index is -0.212. The fraction of sp³-hybridized carbons (Fsp3) is 0.533. The summed E-state index contributed by atoms with van der Waals surface area (Å²) in [4.78, 5) is 16.0. The van der Waals surface area contributed by atoms with Crippen LogP contribution < -0.4 is 10.6 Å². The van der Waals surface area contributed by atoms with Gasteiger partial charge in [-0.15, -0.1) is 0 Å². The molecular weight excluding hydrogens is 270 g/mol. The summed E-state index contributed by atoms with van der Waals surface area (Å²) in [6.07, 6.45) is -0.212. The number of aliphatic hydroxyl groups is 1. The maximum absolute atomic E-state index is 12.4. The second-order valence-electron chi connectivity index (χ2n) is 5.46. The van der Waals surface area contributed by atoms with Crippen LogP contribution in [0.25, 0.3) is 0 Å². The molecule has 1 amide bonds. The van der Waals surface area contributed by atoms with Crippen molar-refractivity contribution in [1.29, 1.82) is 0 Å². The average Bonchev–Trinajstić information content (AvgIpc) is 2.49. The molecule has 0 aliphatic carbocycles. The van der Waals surface area contributed by atoms with Crippen molar-refractivity contribution in [2.24, 2.45) is 0 Å². The summed E-state index contributed by atoms with van der Waals surface area (Å²) in [6, 6.07) is 7.37. The molecule has 1 aromatic rings. The van der Waals surface area contributed by atoms with Gasteiger partial charge in [0.25, 0.3) is 0 Å². The molecule has 1 saturated heterocycles. The number of carbonyl (C=O) groups excluding carboxylic acids is 1. The summed E-state index contributed by atoms with van der Waals surface area (Å²) >= 11 is 0. The number of hydrogen-bond donors (Lipinski definition) is 2. The van der Waals surface area contributed by atoms with Crippen molar-refractivity contribution < 1.29 is 14.6 Å². The smallest absolute Gasteiger partial charge is 0.240 e. The molecule has 0 radical (unpaired) electrons. The third-order valence-corrected chi connectivity index (χ3v) is 3.83. The summed E-state index contributed by atoms with van der Waals surface area (Å²) in [5.41, 5.74) is 7.14. The Kier molecular flexibility index (Phi) is 5.17. The van der Waals surface area contributed by atoms with Gasteiger partial charge in [0, 0.05) is 31.0 Å². The number of morpholine rings is 1. The number of ether oxygens (including phenoxy) is 1. The van der Waals surface area contributed by atoms with Crippen LogP contribution in [0.5, 0.6) is 0 Å². The molecule has 21 heavy (non-hydrogen) atoms. The maximum Gasteiger partial charge on any atom is 0.240 e. The summed E-state index contributed by atoms with van der Waals surface area (Å²) in [7, 11) is 1.75. The summed E-state index contributed by atoms with van der Waals surface area (Å²) in [5, 5.41) is 9.18. The van der Waals surface area contributed by atoms with Gasteiger partial charge in [-0.3, -0.25) is 9.69 Å². The lowest BCUT2D eigenvalue weighted by atomic mass is 10.2. The second-order valence-corrected chi connectivity index (χ2v) is 5.46. The van der Waals surface area contributed by atoms with Gasteiger partial charge < -0.3 is 20.5 Å². The Hall–Kier alpha value is -1.63. The molecule has 1 aromatic carbocycles. The lowest BCUT2D eigenvalue weighted by Crippen LogP contribution is -2.52. The standard InChI is InChI=1S/C15H23N3O3/c1-11-10-21-14(9-19)7-18(11)8-15(20)17(2)13-5-3-12(16)4-6-13/h3-6,11,14,19H,7-10,16H2,1-2H3. The number of likely N-dealkylation sites (N-methyl/N-ethyl adjacent to an activating group) is 1. The van der Waals surface area contributed by atoms with Gasteiger partial charge in [-0.1, -0.05) is 0 Å². The number of nitrogens with two attached hydrogens (primary N) is 1. The zero-order chi connectivity index (χ0) is 15.4. The number of rotatable bonds is 4. The molecule has 0 saturated carbocycles. The van der Waals surface area contributed by atoms with E-state index in [1.807, 2.05) is 24.0 Å². The van der Waals surface area contributed by atoms with Crippen LogP contribution in [0.15, 0.2) is 24.3 Å². The van der Waals surface area contributed by atoms with Gasteiger partial charge in [0.1, 0.15) is 0 Å². The van der Waals surface area contributed by atoms with Crippen LogP contribution in [0, 0.1) is 0 Å². The molecule has 1 aliphatic heterocycles. The van der Waals surface area contributed by atoms with E-state index in [2.05, 4.69) is 0 Å². The Bertz CT molecular complexity index is 478. The second kappa shape index (κ2) is 6.89. The number of anilines is 2. The number of hydrogen-bond acceptors (Lipinski definition) is 5. The number of nitrogens with zero attached hydrogens (tertiary/aromatic N) is 2. The molecule has 3 N–H and O–H groups in total. The minimum absolute atomic E-state index is 0.00483. The molecule has 2 atom stereocenters. The van der Waals surface area contributed by atoms with Gasteiger partial charge in [0.05, 0.1) is 25.9 Å². The topological polar surface area (TPSA) is 79.0 Å². The number of nitrogen functional groups attached to an aromatic ring is 1. The molecule has 116 valence electrons. The number of aliphatic hydroxyl groups excluding tert-OH is 1. The molecule has 0 bridgehead atoms. The largest absolute Gasteiger partial charge is 0.399 e. The quantitative estimate of drug-likeness (QED) is 0.781. The highest BCUT2D eigenvalue weighted by Crippen LogP contribution is 2.16. The van der Waals surface area contributed by atoms with Crippen LogP contribution in [0.2, 0.25) is 0 Å². The van der Waals surface area contributed by atoms with Gasteiger partial charge in [-0.25, -0.2) is 0 Å². The summed E-state index contributed by atoms with van der Waals surface area (Å²) in [6.45, 7) is 3.40. The maximum atomic E-state index is 12.4. The average molecular weight is 293 g/mol. The van der Waals surface area contributed by atoms with Gasteiger partial charge >= 0.3 is 0 Å². The fourth-order valence-corrected chi connectivity index (χ4v) is 2.33. The van der Waals surface area contributed by atoms with Crippen molar-refractivity contribution in [2.45, 2.75) is 19.1 Å².